The van der Waals surface area contributed by atoms with Crippen LogP contribution in [0.4, 0.5) is 0 Å². The number of hydrogen-bond donors (Lipinski definition) is 0. The molecule has 0 unspecified atom stereocenters. The van der Waals surface area contributed by atoms with Gasteiger partial charge in [0.25, 0.3) is 0 Å². The van der Waals surface area contributed by atoms with Gasteiger partial charge in [-0.3, -0.25) is 0 Å². The van der Waals surface area contributed by atoms with Crippen molar-refractivity contribution in [3.05, 3.63) is 11.1 Å². The van der Waals surface area contributed by atoms with Crippen molar-refractivity contribution in [1.82, 2.24) is 0 Å². The molecule has 0 heterocycles. The number of rotatable bonds is 2. The SMILES string of the molecule is CC(C)=C(C)CCC(C)(C)C. The smallest absolute Gasteiger partial charge is 0.0316 e. The molecular weight excluding hydrogens is 132 g/mol. The van der Waals surface area contributed by atoms with Gasteiger partial charge in [-0.15, -0.1) is 0 Å². The van der Waals surface area contributed by atoms with Crippen LogP contribution in [0.1, 0.15) is 54.4 Å². The van der Waals surface area contributed by atoms with E-state index >= 15 is 0 Å². The van der Waals surface area contributed by atoms with Crippen molar-refractivity contribution in [2.24, 2.45) is 5.41 Å². The van der Waals surface area contributed by atoms with Crippen molar-refractivity contribution in [2.45, 2.75) is 54.4 Å². The van der Waals surface area contributed by atoms with Crippen LogP contribution in [0.5, 0.6) is 0 Å². The number of hydrogen-bond acceptors (Lipinski definition) is 0. The summed E-state index contributed by atoms with van der Waals surface area (Å²) in [6.45, 7) is 13.5. The van der Waals surface area contributed by atoms with Crippen LogP contribution in [-0.4, -0.2) is 0 Å². The summed E-state index contributed by atoms with van der Waals surface area (Å²) >= 11 is 0. The molecular formula is C11H22. The lowest BCUT2D eigenvalue weighted by Gasteiger charge is -2.18. The van der Waals surface area contributed by atoms with E-state index in [4.69, 9.17) is 0 Å². The Hall–Kier alpha value is -0.260. The van der Waals surface area contributed by atoms with Crippen LogP contribution in [0.15, 0.2) is 11.1 Å². The van der Waals surface area contributed by atoms with E-state index in [2.05, 4.69) is 41.5 Å². The van der Waals surface area contributed by atoms with Crippen LogP contribution in [0, 0.1) is 5.41 Å². The zero-order valence-corrected chi connectivity index (χ0v) is 8.91. The number of allylic oxidation sites excluding steroid dienone is 2. The fraction of sp³-hybridized carbons (Fsp3) is 0.818. The molecule has 0 saturated heterocycles. The summed E-state index contributed by atoms with van der Waals surface area (Å²) in [5.74, 6) is 0. The monoisotopic (exact) mass is 154 g/mol. The first kappa shape index (κ1) is 10.7. The van der Waals surface area contributed by atoms with E-state index in [9.17, 15) is 0 Å². The Morgan fingerprint density at radius 1 is 1.00 bits per heavy atom. The molecule has 0 heteroatoms. The third-order valence-electron chi connectivity index (χ3n) is 2.10. The molecule has 0 aliphatic rings. The van der Waals surface area contributed by atoms with Crippen molar-refractivity contribution >= 4 is 0 Å². The molecule has 0 aliphatic carbocycles. The van der Waals surface area contributed by atoms with E-state index in [0.29, 0.717) is 5.41 Å². The van der Waals surface area contributed by atoms with Gasteiger partial charge in [-0.05, 0) is 39.0 Å². The van der Waals surface area contributed by atoms with Crippen molar-refractivity contribution < 1.29 is 0 Å². The van der Waals surface area contributed by atoms with E-state index in [1.165, 1.54) is 18.4 Å². The Kier molecular flexibility index (Phi) is 3.85. The predicted octanol–water partition coefficient (Wildman–Crippen LogP) is 4.17. The first-order valence-electron chi connectivity index (χ1n) is 4.46. The van der Waals surface area contributed by atoms with Gasteiger partial charge in [0.15, 0.2) is 0 Å². The van der Waals surface area contributed by atoms with E-state index < -0.39 is 0 Å². The molecule has 0 atom stereocenters. The topological polar surface area (TPSA) is 0 Å². The second kappa shape index (κ2) is 3.94. The maximum Gasteiger partial charge on any atom is -0.0316 e. The highest BCUT2D eigenvalue weighted by molar-refractivity contribution is 5.06. The van der Waals surface area contributed by atoms with Gasteiger partial charge in [0.2, 0.25) is 0 Å². The minimum absolute atomic E-state index is 0.483. The molecule has 0 aromatic carbocycles. The molecule has 0 bridgehead atoms. The highest BCUT2D eigenvalue weighted by Gasteiger charge is 2.09. The molecule has 0 rings (SSSR count). The summed E-state index contributed by atoms with van der Waals surface area (Å²) in [4.78, 5) is 0. The molecule has 0 nitrogen and oxygen atoms in total. The minimum Gasteiger partial charge on any atom is -0.0775 e. The van der Waals surface area contributed by atoms with Crippen molar-refractivity contribution in [1.29, 1.82) is 0 Å². The molecule has 0 radical (unpaired) electrons. The lowest BCUT2D eigenvalue weighted by molar-refractivity contribution is 0.377. The van der Waals surface area contributed by atoms with Crippen molar-refractivity contribution in [3.63, 3.8) is 0 Å². The fourth-order valence-corrected chi connectivity index (χ4v) is 0.812. The Bertz CT molecular complexity index is 140. The molecule has 0 aromatic rings. The van der Waals surface area contributed by atoms with Crippen LogP contribution < -0.4 is 0 Å². The summed E-state index contributed by atoms with van der Waals surface area (Å²) < 4.78 is 0. The Morgan fingerprint density at radius 2 is 1.45 bits per heavy atom. The van der Waals surface area contributed by atoms with Crippen LogP contribution in [0.2, 0.25) is 0 Å². The normalized spacial score (nSPS) is 11.5. The third-order valence-corrected chi connectivity index (χ3v) is 2.10. The second-order valence-electron chi connectivity index (χ2n) is 4.84. The van der Waals surface area contributed by atoms with E-state index in [-0.39, 0.29) is 0 Å². The summed E-state index contributed by atoms with van der Waals surface area (Å²) in [6.07, 6.45) is 2.55. The third kappa shape index (κ3) is 6.15. The Morgan fingerprint density at radius 3 is 1.73 bits per heavy atom. The van der Waals surface area contributed by atoms with Gasteiger partial charge in [-0.1, -0.05) is 31.9 Å². The first-order chi connectivity index (χ1) is 4.83. The molecule has 0 amide bonds. The van der Waals surface area contributed by atoms with Gasteiger partial charge in [-0.25, -0.2) is 0 Å². The predicted molar refractivity (Wildman–Crippen MR) is 52.7 cm³/mol. The highest BCUT2D eigenvalue weighted by atomic mass is 14.1. The van der Waals surface area contributed by atoms with Gasteiger partial charge >= 0.3 is 0 Å². The molecule has 66 valence electrons. The second-order valence-corrected chi connectivity index (χ2v) is 4.84. The Balaban J connectivity index is 3.82. The molecule has 0 aromatic heterocycles. The van der Waals surface area contributed by atoms with Crippen molar-refractivity contribution in [2.75, 3.05) is 0 Å². The van der Waals surface area contributed by atoms with Crippen molar-refractivity contribution in [3.8, 4) is 0 Å². The van der Waals surface area contributed by atoms with Gasteiger partial charge in [-0.2, -0.15) is 0 Å². The Labute approximate surface area is 71.7 Å². The van der Waals surface area contributed by atoms with Crippen LogP contribution in [-0.2, 0) is 0 Å². The van der Waals surface area contributed by atoms with Crippen LogP contribution in [0.3, 0.4) is 0 Å². The molecule has 0 fully saturated rings. The summed E-state index contributed by atoms with van der Waals surface area (Å²) in [6, 6.07) is 0. The van der Waals surface area contributed by atoms with Gasteiger partial charge < -0.3 is 0 Å². The van der Waals surface area contributed by atoms with Gasteiger partial charge in [0.1, 0.15) is 0 Å². The molecule has 11 heavy (non-hydrogen) atoms. The molecule has 0 aliphatic heterocycles. The average Bonchev–Trinajstić information content (AvgIpc) is 1.80. The summed E-state index contributed by atoms with van der Waals surface area (Å²) in [5.41, 5.74) is 3.52. The standard InChI is InChI=1S/C11H22/c1-9(2)10(3)7-8-11(4,5)6/h7-8H2,1-6H3. The minimum atomic E-state index is 0.483. The molecule has 0 N–H and O–H groups in total. The highest BCUT2D eigenvalue weighted by Crippen LogP contribution is 2.24. The zero-order chi connectivity index (χ0) is 9.07. The van der Waals surface area contributed by atoms with E-state index in [1.807, 2.05) is 0 Å². The summed E-state index contributed by atoms with van der Waals surface area (Å²) in [5, 5.41) is 0. The molecule has 0 spiro atoms. The lowest BCUT2D eigenvalue weighted by atomic mass is 9.88. The maximum absolute atomic E-state index is 2.30. The van der Waals surface area contributed by atoms with Crippen LogP contribution in [0.25, 0.3) is 0 Å². The van der Waals surface area contributed by atoms with Gasteiger partial charge in [0, 0.05) is 0 Å². The lowest BCUT2D eigenvalue weighted by Crippen LogP contribution is -2.04. The maximum atomic E-state index is 2.30. The van der Waals surface area contributed by atoms with Crippen LogP contribution >= 0.6 is 0 Å². The summed E-state index contributed by atoms with van der Waals surface area (Å²) in [7, 11) is 0. The van der Waals surface area contributed by atoms with Gasteiger partial charge in [0.05, 0.1) is 0 Å². The first-order valence-corrected chi connectivity index (χ1v) is 4.46. The fourth-order valence-electron chi connectivity index (χ4n) is 0.812. The largest absolute Gasteiger partial charge is 0.0775 e. The quantitative estimate of drug-likeness (QED) is 0.524. The van der Waals surface area contributed by atoms with E-state index in [0.717, 1.165) is 0 Å². The zero-order valence-electron chi connectivity index (χ0n) is 8.91. The molecule has 0 saturated carbocycles. The van der Waals surface area contributed by atoms with E-state index in [1.54, 1.807) is 5.57 Å². The average molecular weight is 154 g/mol.